The van der Waals surface area contributed by atoms with E-state index in [1.807, 2.05) is 6.92 Å². The fourth-order valence-electron chi connectivity index (χ4n) is 11.7. The van der Waals surface area contributed by atoms with Gasteiger partial charge < -0.3 is 4.74 Å². The Hall–Kier alpha value is -1.72. The van der Waals surface area contributed by atoms with Crippen LogP contribution in [0.15, 0.2) is 11.1 Å². The van der Waals surface area contributed by atoms with Gasteiger partial charge in [0.2, 0.25) is 6.54 Å². The van der Waals surface area contributed by atoms with Crippen molar-refractivity contribution in [1.29, 1.82) is 0 Å². The minimum absolute atomic E-state index is 0.0264. The highest BCUT2D eigenvalue weighted by atomic mass is 16.6. The summed E-state index contributed by atoms with van der Waals surface area (Å²) >= 11 is 0. The molecule has 6 nitrogen and oxygen atoms in total. The Labute approximate surface area is 255 Å². The molecule has 0 amide bonds. The molecule has 9 unspecified atom stereocenters. The van der Waals surface area contributed by atoms with Gasteiger partial charge in [0.1, 0.15) is 6.10 Å². The molecule has 5 rings (SSSR count). The number of fused-ring (bicyclic) bond motifs is 7. The molecular weight excluding hydrogens is 526 g/mol. The van der Waals surface area contributed by atoms with Crippen molar-refractivity contribution in [3.63, 3.8) is 0 Å². The Kier molecular flexibility index (Phi) is 9.21. The number of ketones is 1. The van der Waals surface area contributed by atoms with Gasteiger partial charge in [0, 0.05) is 29.6 Å². The van der Waals surface area contributed by atoms with E-state index in [2.05, 4.69) is 55.4 Å². The van der Waals surface area contributed by atoms with Crippen LogP contribution in [0.4, 0.5) is 0 Å². The van der Waals surface area contributed by atoms with Crippen molar-refractivity contribution < 1.29 is 19.2 Å². The van der Waals surface area contributed by atoms with Crippen molar-refractivity contribution >= 4 is 11.8 Å². The van der Waals surface area contributed by atoms with E-state index in [0.29, 0.717) is 30.1 Å². The van der Waals surface area contributed by atoms with Crippen molar-refractivity contribution in [2.45, 2.75) is 140 Å². The molecule has 0 N–H and O–H groups in total. The van der Waals surface area contributed by atoms with Crippen LogP contribution in [-0.4, -0.2) is 29.3 Å². The maximum Gasteiger partial charge on any atom is 0.302 e. The first-order valence-corrected chi connectivity index (χ1v) is 17.1. The van der Waals surface area contributed by atoms with Crippen LogP contribution < -0.4 is 0 Å². The molecule has 0 aromatic rings. The van der Waals surface area contributed by atoms with Crippen LogP contribution in [-0.2, 0) is 14.3 Å². The molecule has 5 aliphatic carbocycles. The van der Waals surface area contributed by atoms with Gasteiger partial charge in [-0.3, -0.25) is 19.7 Å². The zero-order valence-corrected chi connectivity index (χ0v) is 28.3. The van der Waals surface area contributed by atoms with E-state index in [-0.39, 0.29) is 62.8 Å². The van der Waals surface area contributed by atoms with Crippen LogP contribution in [0.2, 0.25) is 0 Å². The largest absolute Gasteiger partial charge is 0.462 e. The number of nitro groups is 1. The van der Waals surface area contributed by atoms with E-state index >= 15 is 0 Å². The summed E-state index contributed by atoms with van der Waals surface area (Å²) in [5, 5.41) is 11.7. The Morgan fingerprint density at radius 3 is 2.21 bits per heavy atom. The highest BCUT2D eigenvalue weighted by Crippen LogP contribution is 2.76. The van der Waals surface area contributed by atoms with E-state index in [1.54, 1.807) is 0 Å². The molecule has 238 valence electrons. The van der Waals surface area contributed by atoms with E-state index in [4.69, 9.17) is 4.74 Å². The van der Waals surface area contributed by atoms with Crippen LogP contribution in [0.3, 0.4) is 0 Å². The molecule has 0 aromatic carbocycles. The molecule has 0 saturated heterocycles. The maximum absolute atomic E-state index is 13.6. The first-order valence-electron chi connectivity index (χ1n) is 17.1. The van der Waals surface area contributed by atoms with Gasteiger partial charge in [-0.05, 0) is 103 Å². The molecule has 42 heavy (non-hydrogen) atoms. The van der Waals surface area contributed by atoms with Crippen molar-refractivity contribution in [2.24, 2.45) is 57.2 Å². The summed E-state index contributed by atoms with van der Waals surface area (Å²) in [5.74, 6) is 1.93. The van der Waals surface area contributed by atoms with Crippen molar-refractivity contribution in [3.05, 3.63) is 21.3 Å². The van der Waals surface area contributed by atoms with E-state index < -0.39 is 0 Å². The number of allylic oxidation sites excluding steroid dienone is 2. The topological polar surface area (TPSA) is 86.5 Å². The number of carbonyl (C=O) groups excluding carboxylic acids is 2. The monoisotopic (exact) mass is 585 g/mol. The first-order chi connectivity index (χ1) is 19.5. The van der Waals surface area contributed by atoms with Crippen LogP contribution in [0.5, 0.6) is 0 Å². The second-order valence-corrected chi connectivity index (χ2v) is 16.1. The van der Waals surface area contributed by atoms with Gasteiger partial charge in [-0.1, -0.05) is 74.3 Å². The van der Waals surface area contributed by atoms with Crippen LogP contribution >= 0.6 is 0 Å². The number of nitrogens with zero attached hydrogens (tertiary/aromatic N) is 1. The lowest BCUT2D eigenvalue weighted by Crippen LogP contribution is -2.64. The molecule has 5 aliphatic rings. The van der Waals surface area contributed by atoms with Crippen molar-refractivity contribution in [2.75, 3.05) is 6.54 Å². The molecule has 4 saturated carbocycles. The van der Waals surface area contributed by atoms with Crippen LogP contribution in [0.25, 0.3) is 0 Å². The van der Waals surface area contributed by atoms with Crippen LogP contribution in [0, 0.1) is 67.3 Å². The third-order valence-electron chi connectivity index (χ3n) is 13.7. The summed E-state index contributed by atoms with van der Waals surface area (Å²) in [4.78, 5) is 37.0. The highest BCUT2D eigenvalue weighted by molar-refractivity contribution is 6.00. The summed E-state index contributed by atoms with van der Waals surface area (Å²) in [7, 11) is 0. The number of ether oxygens (including phenoxy) is 1. The average Bonchev–Trinajstić information content (AvgIpc) is 3.19. The van der Waals surface area contributed by atoms with E-state index in [0.717, 1.165) is 56.9 Å². The van der Waals surface area contributed by atoms with Gasteiger partial charge in [-0.25, -0.2) is 0 Å². The lowest BCUT2D eigenvalue weighted by molar-refractivity contribution is -0.491. The predicted octanol–water partition coefficient (Wildman–Crippen LogP) is 8.84. The molecule has 0 radical (unpaired) electrons. The number of carbonyl (C=O) groups is 2. The molecule has 0 spiro atoms. The number of hydrogen-bond acceptors (Lipinski definition) is 5. The molecule has 0 aromatic heterocycles. The SMILES string of the molecule is CC(=O)OC1CCC2(C)C(CCC3(C)C2CCC2C4=C(C(C)C)C(=O)CC4(C(C)C[N+](=O)[O-])CC[C@]23C)C1C.CCC. The molecule has 0 bridgehead atoms. The smallest absolute Gasteiger partial charge is 0.302 e. The van der Waals surface area contributed by atoms with Gasteiger partial charge in [-0.2, -0.15) is 0 Å². The number of esters is 1. The quantitative estimate of drug-likeness (QED) is 0.183. The summed E-state index contributed by atoms with van der Waals surface area (Å²) in [6.45, 7) is 22.0. The Balaban J connectivity index is 0.00000129. The van der Waals surface area contributed by atoms with Gasteiger partial charge in [0.15, 0.2) is 5.78 Å². The fourth-order valence-corrected chi connectivity index (χ4v) is 11.7. The molecule has 4 fully saturated rings. The Morgan fingerprint density at radius 1 is 1.00 bits per heavy atom. The second kappa shape index (κ2) is 11.7. The Bertz CT molecular complexity index is 1110. The van der Waals surface area contributed by atoms with Gasteiger partial charge >= 0.3 is 5.97 Å². The normalized spacial score (nSPS) is 43.3. The lowest BCUT2D eigenvalue weighted by atomic mass is 9.33. The summed E-state index contributed by atoms with van der Waals surface area (Å²) in [5.41, 5.74) is 2.43. The minimum Gasteiger partial charge on any atom is -0.462 e. The van der Waals surface area contributed by atoms with Crippen LogP contribution in [0.1, 0.15) is 133 Å². The molecule has 0 aliphatic heterocycles. The molecule has 0 heterocycles. The summed E-state index contributed by atoms with van der Waals surface area (Å²) in [6.07, 6.45) is 10.3. The predicted molar refractivity (Wildman–Crippen MR) is 167 cm³/mol. The molecule has 10 atom stereocenters. The molecular formula is C36H59NO5. The highest BCUT2D eigenvalue weighted by Gasteiger charge is 2.69. The number of hydrogen-bond donors (Lipinski definition) is 0. The third kappa shape index (κ3) is 4.89. The van der Waals surface area contributed by atoms with Crippen molar-refractivity contribution in [3.8, 4) is 0 Å². The zero-order valence-electron chi connectivity index (χ0n) is 28.3. The number of rotatable bonds is 5. The molecule has 6 heteroatoms. The van der Waals surface area contributed by atoms with E-state index in [9.17, 15) is 19.7 Å². The second-order valence-electron chi connectivity index (χ2n) is 16.1. The summed E-state index contributed by atoms with van der Waals surface area (Å²) < 4.78 is 5.79. The van der Waals surface area contributed by atoms with Gasteiger partial charge in [0.25, 0.3) is 0 Å². The number of Topliss-reactive ketones (excluding diaryl/α,β-unsaturated/α-hetero) is 1. The minimum atomic E-state index is -0.352. The maximum atomic E-state index is 13.6. The lowest BCUT2D eigenvalue weighted by Gasteiger charge is -2.71. The third-order valence-corrected chi connectivity index (χ3v) is 13.7. The van der Waals surface area contributed by atoms with Crippen molar-refractivity contribution in [1.82, 2.24) is 0 Å². The average molecular weight is 586 g/mol. The summed E-state index contributed by atoms with van der Waals surface area (Å²) in [6, 6.07) is 0. The standard InChI is InChI=1S/C33H51NO5.C3H8/c1-19(2)28-25(36)17-33(20(3)18-34(37)38)16-15-31(7)24(29(28)33)9-10-27-30(6)13-12-26(39-22(5)35)21(4)23(30)11-14-32(27,31)8;1-3-2/h19-21,23-24,26-27H,9-18H2,1-8H3;3H2,1-2H3/t20?,21?,23?,24?,26?,27?,30?,31-,32?,33?;/m1./s1. The first kappa shape index (κ1) is 33.2. The van der Waals surface area contributed by atoms with Gasteiger partial charge in [-0.15, -0.1) is 0 Å². The zero-order chi connectivity index (χ0) is 31.4. The Morgan fingerprint density at radius 2 is 1.64 bits per heavy atom. The van der Waals surface area contributed by atoms with E-state index in [1.165, 1.54) is 18.9 Å². The van der Waals surface area contributed by atoms with Gasteiger partial charge in [0.05, 0.1) is 0 Å². The fraction of sp³-hybridized carbons (Fsp3) is 0.889.